The number of halogens is 1. The van der Waals surface area contributed by atoms with E-state index < -0.39 is 11.9 Å². The van der Waals surface area contributed by atoms with E-state index in [4.69, 9.17) is 0 Å². The van der Waals surface area contributed by atoms with Crippen LogP contribution in [0.4, 0.5) is 10.2 Å². The quantitative estimate of drug-likeness (QED) is 0.669. The van der Waals surface area contributed by atoms with Gasteiger partial charge in [-0.1, -0.05) is 12.8 Å². The SMILES string of the molecule is Oc1cc(F)ccc1-c1nnc(N[C@@H]2CCCC[C@@H]2O)c2cnccc12. The number of hydrogen-bond acceptors (Lipinski definition) is 6. The van der Waals surface area contributed by atoms with Gasteiger partial charge in [-0.15, -0.1) is 10.2 Å². The molecule has 1 aliphatic rings. The maximum Gasteiger partial charge on any atom is 0.158 e. The van der Waals surface area contributed by atoms with E-state index >= 15 is 0 Å². The van der Waals surface area contributed by atoms with Crippen LogP contribution in [0, 0.1) is 5.82 Å². The third-order valence-corrected chi connectivity index (χ3v) is 4.85. The topological polar surface area (TPSA) is 91.2 Å². The lowest BCUT2D eigenvalue weighted by atomic mass is 9.92. The Morgan fingerprint density at radius 1 is 1.08 bits per heavy atom. The summed E-state index contributed by atoms with van der Waals surface area (Å²) < 4.78 is 13.3. The molecule has 1 aliphatic carbocycles. The highest BCUT2D eigenvalue weighted by molar-refractivity contribution is 6.00. The lowest BCUT2D eigenvalue weighted by Gasteiger charge is -2.29. The molecule has 3 aromatic rings. The molecule has 0 spiro atoms. The molecule has 26 heavy (non-hydrogen) atoms. The summed E-state index contributed by atoms with van der Waals surface area (Å²) in [7, 11) is 0. The van der Waals surface area contributed by atoms with Gasteiger partial charge >= 0.3 is 0 Å². The van der Waals surface area contributed by atoms with Crippen LogP contribution in [0.5, 0.6) is 5.75 Å². The molecule has 7 heteroatoms. The van der Waals surface area contributed by atoms with Gasteiger partial charge in [-0.3, -0.25) is 4.98 Å². The highest BCUT2D eigenvalue weighted by Crippen LogP contribution is 2.35. The first-order valence-corrected chi connectivity index (χ1v) is 8.67. The molecule has 0 amide bonds. The summed E-state index contributed by atoms with van der Waals surface area (Å²) in [6, 6.07) is 5.51. The lowest BCUT2D eigenvalue weighted by Crippen LogP contribution is -2.36. The van der Waals surface area contributed by atoms with Crippen LogP contribution in [0.3, 0.4) is 0 Å². The standard InChI is InChI=1S/C19H19FN4O2/c20-11-5-6-13(17(26)9-11)18-12-7-8-21-10-14(12)19(24-23-18)22-15-3-1-2-4-16(15)25/h5-10,15-16,25-26H,1-4H2,(H,22,24)/t15-,16+/m1/s1. The fourth-order valence-electron chi connectivity index (χ4n) is 3.46. The predicted octanol–water partition coefficient (Wildman–Crippen LogP) is 3.25. The van der Waals surface area contributed by atoms with E-state index in [-0.39, 0.29) is 11.8 Å². The summed E-state index contributed by atoms with van der Waals surface area (Å²) in [4.78, 5) is 4.16. The van der Waals surface area contributed by atoms with Crippen LogP contribution in [0.25, 0.3) is 22.0 Å². The maximum absolute atomic E-state index is 13.3. The number of anilines is 1. The number of nitrogens with one attached hydrogen (secondary N) is 1. The molecule has 3 N–H and O–H groups in total. The maximum atomic E-state index is 13.3. The molecule has 0 aliphatic heterocycles. The zero-order chi connectivity index (χ0) is 18.1. The molecular weight excluding hydrogens is 335 g/mol. The number of aliphatic hydroxyl groups excluding tert-OH is 1. The van der Waals surface area contributed by atoms with Gasteiger partial charge in [0.25, 0.3) is 0 Å². The van der Waals surface area contributed by atoms with Crippen molar-refractivity contribution in [3.05, 3.63) is 42.5 Å². The van der Waals surface area contributed by atoms with Crippen LogP contribution in [0.2, 0.25) is 0 Å². The van der Waals surface area contributed by atoms with Gasteiger partial charge in [-0.25, -0.2) is 4.39 Å². The summed E-state index contributed by atoms with van der Waals surface area (Å²) >= 11 is 0. The van der Waals surface area contributed by atoms with Crippen molar-refractivity contribution >= 4 is 16.6 Å². The highest BCUT2D eigenvalue weighted by atomic mass is 19.1. The molecule has 2 atom stereocenters. The molecule has 2 heterocycles. The van der Waals surface area contributed by atoms with Gasteiger partial charge in [0, 0.05) is 34.8 Å². The van der Waals surface area contributed by atoms with Gasteiger partial charge in [0.05, 0.1) is 12.1 Å². The van der Waals surface area contributed by atoms with Gasteiger partial charge in [-0.2, -0.15) is 0 Å². The minimum Gasteiger partial charge on any atom is -0.507 e. The highest BCUT2D eigenvalue weighted by Gasteiger charge is 2.24. The van der Waals surface area contributed by atoms with Crippen molar-refractivity contribution in [1.29, 1.82) is 0 Å². The van der Waals surface area contributed by atoms with Gasteiger partial charge in [-0.05, 0) is 31.0 Å². The smallest absolute Gasteiger partial charge is 0.158 e. The normalized spacial score (nSPS) is 20.2. The van der Waals surface area contributed by atoms with Crippen molar-refractivity contribution in [2.45, 2.75) is 37.8 Å². The predicted molar refractivity (Wildman–Crippen MR) is 96.3 cm³/mol. The Kier molecular flexibility index (Phi) is 4.38. The minimum atomic E-state index is -0.519. The zero-order valence-electron chi connectivity index (χ0n) is 14.1. The second kappa shape index (κ2) is 6.84. The first-order valence-electron chi connectivity index (χ1n) is 8.67. The van der Waals surface area contributed by atoms with E-state index in [1.807, 2.05) is 0 Å². The van der Waals surface area contributed by atoms with Crippen LogP contribution >= 0.6 is 0 Å². The second-order valence-electron chi connectivity index (χ2n) is 6.58. The molecule has 4 rings (SSSR count). The van der Waals surface area contributed by atoms with Crippen LogP contribution < -0.4 is 5.32 Å². The molecule has 0 radical (unpaired) electrons. The Labute approximate surface area is 149 Å². The van der Waals surface area contributed by atoms with Crippen molar-refractivity contribution < 1.29 is 14.6 Å². The summed E-state index contributed by atoms with van der Waals surface area (Å²) in [6.07, 6.45) is 6.60. The largest absolute Gasteiger partial charge is 0.507 e. The number of benzene rings is 1. The van der Waals surface area contributed by atoms with E-state index in [1.165, 1.54) is 12.1 Å². The van der Waals surface area contributed by atoms with E-state index in [2.05, 4.69) is 20.5 Å². The van der Waals surface area contributed by atoms with E-state index in [0.717, 1.165) is 42.5 Å². The number of hydrogen-bond donors (Lipinski definition) is 3. The first kappa shape index (κ1) is 16.7. The van der Waals surface area contributed by atoms with E-state index in [0.29, 0.717) is 17.1 Å². The van der Waals surface area contributed by atoms with Crippen LogP contribution in [-0.4, -0.2) is 37.5 Å². The number of phenols is 1. The van der Waals surface area contributed by atoms with Gasteiger partial charge in [0.2, 0.25) is 0 Å². The van der Waals surface area contributed by atoms with Crippen LogP contribution in [0.15, 0.2) is 36.7 Å². The summed E-state index contributed by atoms with van der Waals surface area (Å²) in [5.41, 5.74) is 0.856. The number of phenolic OH excluding ortho intramolecular Hbond substituents is 1. The fourth-order valence-corrected chi connectivity index (χ4v) is 3.46. The van der Waals surface area contributed by atoms with Gasteiger partial charge in [0.1, 0.15) is 17.3 Å². The van der Waals surface area contributed by atoms with Crippen molar-refractivity contribution in [1.82, 2.24) is 15.2 Å². The molecule has 1 aromatic carbocycles. The number of fused-ring (bicyclic) bond motifs is 1. The Morgan fingerprint density at radius 3 is 2.73 bits per heavy atom. The number of aromatic hydroxyl groups is 1. The molecule has 0 saturated heterocycles. The van der Waals surface area contributed by atoms with Crippen LogP contribution in [-0.2, 0) is 0 Å². The first-order chi connectivity index (χ1) is 12.6. The van der Waals surface area contributed by atoms with E-state index in [9.17, 15) is 14.6 Å². The molecule has 134 valence electrons. The van der Waals surface area contributed by atoms with Crippen molar-refractivity contribution in [3.8, 4) is 17.0 Å². The molecule has 1 fully saturated rings. The van der Waals surface area contributed by atoms with Crippen LogP contribution in [0.1, 0.15) is 25.7 Å². The van der Waals surface area contributed by atoms with Gasteiger partial charge < -0.3 is 15.5 Å². The third-order valence-electron chi connectivity index (χ3n) is 4.85. The molecule has 6 nitrogen and oxygen atoms in total. The van der Waals surface area contributed by atoms with Gasteiger partial charge in [0.15, 0.2) is 5.82 Å². The number of pyridine rings is 1. The molecular formula is C19H19FN4O2. The number of aromatic nitrogens is 3. The fraction of sp³-hybridized carbons (Fsp3) is 0.316. The number of nitrogens with zero attached hydrogens (tertiary/aromatic N) is 3. The average Bonchev–Trinajstić information content (AvgIpc) is 2.64. The van der Waals surface area contributed by atoms with Crippen molar-refractivity contribution in [2.75, 3.05) is 5.32 Å². The molecule has 2 aromatic heterocycles. The molecule has 1 saturated carbocycles. The summed E-state index contributed by atoms with van der Waals surface area (Å²) in [5.74, 6) is -0.167. The zero-order valence-corrected chi connectivity index (χ0v) is 14.1. The third kappa shape index (κ3) is 3.06. The van der Waals surface area contributed by atoms with E-state index in [1.54, 1.807) is 18.5 Å². The van der Waals surface area contributed by atoms with Crippen molar-refractivity contribution in [2.24, 2.45) is 0 Å². The second-order valence-corrected chi connectivity index (χ2v) is 6.58. The Morgan fingerprint density at radius 2 is 1.92 bits per heavy atom. The monoisotopic (exact) mass is 354 g/mol. The summed E-state index contributed by atoms with van der Waals surface area (Å²) in [5, 5.41) is 33.6. The summed E-state index contributed by atoms with van der Waals surface area (Å²) in [6.45, 7) is 0. The lowest BCUT2D eigenvalue weighted by molar-refractivity contribution is 0.116. The molecule has 0 unspecified atom stereocenters. The number of aliphatic hydroxyl groups is 1. The Balaban J connectivity index is 1.78. The Hall–Kier alpha value is -2.80. The van der Waals surface area contributed by atoms with Crippen molar-refractivity contribution in [3.63, 3.8) is 0 Å². The molecule has 0 bridgehead atoms. The minimum absolute atomic E-state index is 0.0773. The Bertz CT molecular complexity index is 950. The average molecular weight is 354 g/mol. The number of rotatable bonds is 3.